The van der Waals surface area contributed by atoms with Crippen LogP contribution in [0.2, 0.25) is 0 Å². The van der Waals surface area contributed by atoms with Gasteiger partial charge in [0.1, 0.15) is 0 Å². The zero-order valence-corrected chi connectivity index (χ0v) is 10.2. The third-order valence-corrected chi connectivity index (χ3v) is 3.43. The van der Waals surface area contributed by atoms with Crippen molar-refractivity contribution in [2.24, 2.45) is 0 Å². The van der Waals surface area contributed by atoms with Crippen LogP contribution in [-0.4, -0.2) is 35.2 Å². The molecular weight excluding hydrogens is 213 g/mol. The van der Waals surface area contributed by atoms with E-state index >= 15 is 0 Å². The lowest BCUT2D eigenvalue weighted by Gasteiger charge is -2.21. The van der Waals surface area contributed by atoms with Gasteiger partial charge in [0.25, 0.3) is 0 Å². The predicted octanol–water partition coefficient (Wildman–Crippen LogP) is 0.742. The van der Waals surface area contributed by atoms with Crippen molar-refractivity contribution >= 4 is 12.6 Å². The van der Waals surface area contributed by atoms with Crippen molar-refractivity contribution in [1.82, 2.24) is 4.90 Å². The van der Waals surface area contributed by atoms with Gasteiger partial charge < -0.3 is 10.0 Å². The van der Waals surface area contributed by atoms with Gasteiger partial charge in [0.15, 0.2) is 0 Å². The maximum Gasteiger partial charge on any atom is 0.488 e. The summed E-state index contributed by atoms with van der Waals surface area (Å²) in [6, 6.07) is 7.58. The van der Waals surface area contributed by atoms with E-state index in [2.05, 4.69) is 4.90 Å². The Hall–Kier alpha value is -0.835. The Bertz CT molecular complexity index is 349. The van der Waals surface area contributed by atoms with E-state index in [9.17, 15) is 10.0 Å². The molecule has 1 fully saturated rings. The van der Waals surface area contributed by atoms with Crippen molar-refractivity contribution in [3.63, 3.8) is 0 Å². The Morgan fingerprint density at radius 2 is 1.65 bits per heavy atom. The summed E-state index contributed by atoms with van der Waals surface area (Å²) in [6.07, 6.45) is 5.15. The predicted molar refractivity (Wildman–Crippen MR) is 70.0 cm³/mol. The molecule has 1 aliphatic heterocycles. The summed E-state index contributed by atoms with van der Waals surface area (Å²) in [6.45, 7) is 3.07. The van der Waals surface area contributed by atoms with Crippen LogP contribution in [0.3, 0.4) is 0 Å². The molecule has 3 nitrogen and oxygen atoms in total. The Labute approximate surface area is 103 Å². The van der Waals surface area contributed by atoms with Gasteiger partial charge >= 0.3 is 7.12 Å². The first-order chi connectivity index (χ1) is 8.27. The van der Waals surface area contributed by atoms with Crippen molar-refractivity contribution in [3.05, 3.63) is 29.8 Å². The molecule has 0 unspecified atom stereocenters. The van der Waals surface area contributed by atoms with E-state index in [1.54, 1.807) is 6.07 Å². The van der Waals surface area contributed by atoms with Crippen LogP contribution in [0, 0.1) is 0 Å². The first-order valence-electron chi connectivity index (χ1n) is 6.43. The molecule has 2 N–H and O–H groups in total. The molecule has 1 heterocycles. The summed E-state index contributed by atoms with van der Waals surface area (Å²) in [4.78, 5) is 2.41. The van der Waals surface area contributed by atoms with Crippen LogP contribution in [0.5, 0.6) is 0 Å². The summed E-state index contributed by atoms with van der Waals surface area (Å²) in [5.74, 6) is 0. The highest BCUT2D eigenvalue weighted by atomic mass is 16.4. The molecule has 0 aromatic heterocycles. The number of rotatable bonds is 3. The van der Waals surface area contributed by atoms with Gasteiger partial charge in [-0.25, -0.2) is 0 Å². The first kappa shape index (κ1) is 12.6. The molecule has 92 valence electrons. The maximum atomic E-state index is 9.33. The van der Waals surface area contributed by atoms with E-state index in [0.717, 1.165) is 25.2 Å². The number of benzene rings is 1. The standard InChI is InChI=1S/C13H20BNO2/c16-14(17)13-8-4-3-7-12(13)11-15-9-5-1-2-6-10-15/h3-4,7-8,16-17H,1-2,5-6,9-11H2. The van der Waals surface area contributed by atoms with Gasteiger partial charge in [-0.2, -0.15) is 0 Å². The minimum atomic E-state index is -1.36. The van der Waals surface area contributed by atoms with Crippen molar-refractivity contribution < 1.29 is 10.0 Å². The van der Waals surface area contributed by atoms with Crippen molar-refractivity contribution in [2.45, 2.75) is 32.2 Å². The summed E-state index contributed by atoms with van der Waals surface area (Å²) in [7, 11) is -1.36. The van der Waals surface area contributed by atoms with Crippen LogP contribution in [0.4, 0.5) is 0 Å². The van der Waals surface area contributed by atoms with Crippen molar-refractivity contribution in [2.75, 3.05) is 13.1 Å². The molecule has 0 bridgehead atoms. The monoisotopic (exact) mass is 233 g/mol. The molecule has 1 saturated heterocycles. The van der Waals surface area contributed by atoms with Crippen LogP contribution in [0.15, 0.2) is 24.3 Å². The second kappa shape index (κ2) is 6.19. The normalized spacial score (nSPS) is 17.8. The van der Waals surface area contributed by atoms with Gasteiger partial charge in [-0.15, -0.1) is 0 Å². The molecule has 17 heavy (non-hydrogen) atoms. The van der Waals surface area contributed by atoms with E-state index in [-0.39, 0.29) is 0 Å². The smallest absolute Gasteiger partial charge is 0.423 e. The molecular formula is C13H20BNO2. The molecule has 1 aliphatic rings. The molecule has 0 spiro atoms. The minimum Gasteiger partial charge on any atom is -0.423 e. The highest BCUT2D eigenvalue weighted by molar-refractivity contribution is 6.59. The zero-order chi connectivity index (χ0) is 12.1. The number of hydrogen-bond acceptors (Lipinski definition) is 3. The third-order valence-electron chi connectivity index (χ3n) is 3.43. The van der Waals surface area contributed by atoms with Crippen LogP contribution < -0.4 is 5.46 Å². The fourth-order valence-electron chi connectivity index (χ4n) is 2.47. The van der Waals surface area contributed by atoms with E-state index in [4.69, 9.17) is 0 Å². The largest absolute Gasteiger partial charge is 0.488 e. The average Bonchev–Trinajstić information content (AvgIpc) is 2.58. The summed E-state index contributed by atoms with van der Waals surface area (Å²) < 4.78 is 0. The van der Waals surface area contributed by atoms with E-state index in [1.807, 2.05) is 18.2 Å². The summed E-state index contributed by atoms with van der Waals surface area (Å²) >= 11 is 0. The second-order valence-electron chi connectivity index (χ2n) is 4.76. The number of nitrogens with zero attached hydrogens (tertiary/aromatic N) is 1. The fourth-order valence-corrected chi connectivity index (χ4v) is 2.47. The minimum absolute atomic E-state index is 0.636. The molecule has 0 aliphatic carbocycles. The van der Waals surface area contributed by atoms with Crippen LogP contribution in [0.25, 0.3) is 0 Å². The van der Waals surface area contributed by atoms with Crippen molar-refractivity contribution in [1.29, 1.82) is 0 Å². The van der Waals surface area contributed by atoms with Gasteiger partial charge in [0.2, 0.25) is 0 Å². The SMILES string of the molecule is OB(O)c1ccccc1CN1CCCCCC1. The van der Waals surface area contributed by atoms with Crippen molar-refractivity contribution in [3.8, 4) is 0 Å². The highest BCUT2D eigenvalue weighted by Crippen LogP contribution is 2.12. The molecule has 0 radical (unpaired) electrons. The molecule has 0 amide bonds. The van der Waals surface area contributed by atoms with Gasteiger partial charge in [-0.05, 0) is 37.0 Å². The lowest BCUT2D eigenvalue weighted by atomic mass is 9.77. The first-order valence-corrected chi connectivity index (χ1v) is 6.43. The third kappa shape index (κ3) is 3.56. The van der Waals surface area contributed by atoms with E-state index < -0.39 is 7.12 Å². The summed E-state index contributed by atoms with van der Waals surface area (Å²) in [5.41, 5.74) is 1.67. The molecule has 0 atom stereocenters. The molecule has 4 heteroatoms. The Kier molecular flexibility index (Phi) is 4.60. The number of hydrogen-bond donors (Lipinski definition) is 2. The Morgan fingerprint density at radius 3 is 2.29 bits per heavy atom. The van der Waals surface area contributed by atoms with E-state index in [0.29, 0.717) is 5.46 Å². The second-order valence-corrected chi connectivity index (χ2v) is 4.76. The average molecular weight is 233 g/mol. The van der Waals surface area contributed by atoms with Gasteiger partial charge in [-0.1, -0.05) is 37.1 Å². The molecule has 1 aromatic carbocycles. The van der Waals surface area contributed by atoms with E-state index in [1.165, 1.54) is 25.7 Å². The maximum absolute atomic E-state index is 9.33. The molecule has 1 aromatic rings. The lowest BCUT2D eigenvalue weighted by Crippen LogP contribution is -2.36. The fraction of sp³-hybridized carbons (Fsp3) is 0.538. The Morgan fingerprint density at radius 1 is 1.00 bits per heavy atom. The lowest BCUT2D eigenvalue weighted by molar-refractivity contribution is 0.277. The van der Waals surface area contributed by atoms with Gasteiger partial charge in [0, 0.05) is 6.54 Å². The molecule has 2 rings (SSSR count). The van der Waals surface area contributed by atoms with Crippen LogP contribution in [0.1, 0.15) is 31.2 Å². The molecule has 0 saturated carbocycles. The van der Waals surface area contributed by atoms with Crippen LogP contribution in [-0.2, 0) is 6.54 Å². The number of likely N-dealkylation sites (tertiary alicyclic amines) is 1. The topological polar surface area (TPSA) is 43.7 Å². The quantitative estimate of drug-likeness (QED) is 0.757. The van der Waals surface area contributed by atoms with Gasteiger partial charge in [0.05, 0.1) is 0 Å². The zero-order valence-electron chi connectivity index (χ0n) is 10.2. The van der Waals surface area contributed by atoms with Crippen LogP contribution >= 0.6 is 0 Å². The summed E-state index contributed by atoms with van der Waals surface area (Å²) in [5, 5.41) is 18.7. The highest BCUT2D eigenvalue weighted by Gasteiger charge is 2.17. The Balaban J connectivity index is 2.06. The van der Waals surface area contributed by atoms with Gasteiger partial charge in [-0.3, -0.25) is 4.90 Å².